The Morgan fingerprint density at radius 2 is 2.12 bits per heavy atom. The molecule has 0 spiro atoms. The van der Waals surface area contributed by atoms with Crippen LogP contribution in [-0.2, 0) is 12.8 Å². The number of aryl methyl sites for hydroxylation is 1. The van der Waals surface area contributed by atoms with Crippen LogP contribution in [0.1, 0.15) is 30.7 Å². The first kappa shape index (κ1) is 17.6. The van der Waals surface area contributed by atoms with Crippen LogP contribution in [0, 0.1) is 5.92 Å². The number of methoxy groups -OCH3 is 1. The molecule has 0 bridgehead atoms. The van der Waals surface area contributed by atoms with Gasteiger partial charge in [-0.15, -0.1) is 11.3 Å². The summed E-state index contributed by atoms with van der Waals surface area (Å²) in [6, 6.07) is 7.62. The highest BCUT2D eigenvalue weighted by atomic mass is 32.2. The number of aromatic nitrogens is 2. The van der Waals surface area contributed by atoms with E-state index in [4.69, 9.17) is 9.72 Å². The van der Waals surface area contributed by atoms with Gasteiger partial charge in [-0.3, -0.25) is 9.36 Å². The molecule has 1 aromatic carbocycles. The molecule has 1 atom stereocenters. The Morgan fingerprint density at radius 1 is 1.35 bits per heavy atom. The van der Waals surface area contributed by atoms with E-state index in [1.54, 1.807) is 34.8 Å². The second-order valence-corrected chi connectivity index (χ2v) is 9.01. The lowest BCUT2D eigenvalue weighted by atomic mass is 9.89. The number of thioether (sulfide) groups is 1. The summed E-state index contributed by atoms with van der Waals surface area (Å²) >= 11 is 3.32. The number of ether oxygens (including phenoxy) is 1. The predicted molar refractivity (Wildman–Crippen MR) is 109 cm³/mol. The molecule has 1 aliphatic rings. The van der Waals surface area contributed by atoms with E-state index < -0.39 is 0 Å². The van der Waals surface area contributed by atoms with Crippen LogP contribution in [0.4, 0.5) is 0 Å². The summed E-state index contributed by atoms with van der Waals surface area (Å²) < 4.78 is 7.01. The predicted octanol–water partition coefficient (Wildman–Crippen LogP) is 4.69. The zero-order valence-corrected chi connectivity index (χ0v) is 16.9. The van der Waals surface area contributed by atoms with Crippen molar-refractivity contribution in [2.24, 2.45) is 5.92 Å². The van der Waals surface area contributed by atoms with Crippen molar-refractivity contribution in [3.05, 3.63) is 45.1 Å². The molecule has 136 valence electrons. The molecule has 0 N–H and O–H groups in total. The Balaban J connectivity index is 1.96. The van der Waals surface area contributed by atoms with E-state index in [1.807, 2.05) is 24.3 Å². The van der Waals surface area contributed by atoms with E-state index in [-0.39, 0.29) is 5.56 Å². The van der Waals surface area contributed by atoms with Crippen LogP contribution in [0.25, 0.3) is 15.9 Å². The van der Waals surface area contributed by atoms with Gasteiger partial charge in [0.15, 0.2) is 5.16 Å². The van der Waals surface area contributed by atoms with Gasteiger partial charge in [-0.05, 0) is 60.8 Å². The van der Waals surface area contributed by atoms with Crippen LogP contribution in [-0.4, -0.2) is 22.4 Å². The lowest BCUT2D eigenvalue weighted by Crippen LogP contribution is -2.22. The quantitative estimate of drug-likeness (QED) is 0.482. The van der Waals surface area contributed by atoms with Gasteiger partial charge < -0.3 is 4.74 Å². The summed E-state index contributed by atoms with van der Waals surface area (Å²) in [5, 5.41) is 1.59. The van der Waals surface area contributed by atoms with Gasteiger partial charge in [-0.1, -0.05) is 25.6 Å². The molecule has 0 aliphatic heterocycles. The molecule has 4 rings (SSSR count). The van der Waals surface area contributed by atoms with Crippen molar-refractivity contribution in [3.63, 3.8) is 0 Å². The van der Waals surface area contributed by atoms with Crippen molar-refractivity contribution in [2.75, 3.05) is 12.9 Å². The Morgan fingerprint density at radius 3 is 2.81 bits per heavy atom. The molecule has 1 aliphatic carbocycles. The molecule has 3 aromatic rings. The SMILES string of the molecule is CCSc1nc2sc3c(c2c(=O)n1-c1ccc(OC)cc1)CC[C@H](C)C3. The van der Waals surface area contributed by atoms with Gasteiger partial charge in [0.25, 0.3) is 5.56 Å². The van der Waals surface area contributed by atoms with Crippen LogP contribution in [0.3, 0.4) is 0 Å². The first-order valence-corrected chi connectivity index (χ1v) is 10.8. The van der Waals surface area contributed by atoms with E-state index in [0.29, 0.717) is 5.92 Å². The average molecular weight is 387 g/mol. The highest BCUT2D eigenvalue weighted by Crippen LogP contribution is 2.37. The molecule has 26 heavy (non-hydrogen) atoms. The maximum absolute atomic E-state index is 13.5. The summed E-state index contributed by atoms with van der Waals surface area (Å²) in [6.45, 7) is 4.37. The molecule has 4 nitrogen and oxygen atoms in total. The maximum atomic E-state index is 13.5. The number of rotatable bonds is 4. The van der Waals surface area contributed by atoms with Crippen LogP contribution >= 0.6 is 23.1 Å². The Bertz CT molecular complexity index is 1010. The first-order chi connectivity index (χ1) is 12.6. The van der Waals surface area contributed by atoms with Crippen molar-refractivity contribution >= 4 is 33.3 Å². The number of thiophene rings is 1. The molecule has 0 saturated carbocycles. The fourth-order valence-electron chi connectivity index (χ4n) is 3.56. The number of fused-ring (bicyclic) bond motifs is 3. The monoisotopic (exact) mass is 386 g/mol. The van der Waals surface area contributed by atoms with Crippen molar-refractivity contribution in [1.82, 2.24) is 9.55 Å². The van der Waals surface area contributed by atoms with Crippen LogP contribution in [0.5, 0.6) is 5.75 Å². The third kappa shape index (κ3) is 2.95. The summed E-state index contributed by atoms with van der Waals surface area (Å²) in [6.07, 6.45) is 3.19. The minimum atomic E-state index is 0.0585. The number of nitrogens with zero attached hydrogens (tertiary/aromatic N) is 2. The number of benzene rings is 1. The molecular formula is C20H22N2O2S2. The van der Waals surface area contributed by atoms with Gasteiger partial charge in [0.1, 0.15) is 10.6 Å². The Hall–Kier alpha value is -1.79. The second kappa shape index (κ2) is 7.08. The highest BCUT2D eigenvalue weighted by Gasteiger charge is 2.25. The van der Waals surface area contributed by atoms with Crippen LogP contribution in [0.2, 0.25) is 0 Å². The van der Waals surface area contributed by atoms with E-state index in [0.717, 1.165) is 51.8 Å². The van der Waals surface area contributed by atoms with Gasteiger partial charge in [-0.25, -0.2) is 4.98 Å². The van der Waals surface area contributed by atoms with Crippen molar-refractivity contribution < 1.29 is 4.74 Å². The zero-order valence-electron chi connectivity index (χ0n) is 15.2. The normalized spacial score (nSPS) is 16.7. The zero-order chi connectivity index (χ0) is 18.3. The molecular weight excluding hydrogens is 364 g/mol. The van der Waals surface area contributed by atoms with Gasteiger partial charge >= 0.3 is 0 Å². The molecule has 0 unspecified atom stereocenters. The lowest BCUT2D eigenvalue weighted by Gasteiger charge is -2.17. The minimum absolute atomic E-state index is 0.0585. The summed E-state index contributed by atoms with van der Waals surface area (Å²) in [4.78, 5) is 20.6. The first-order valence-electron chi connectivity index (χ1n) is 8.97. The van der Waals surface area contributed by atoms with Crippen molar-refractivity contribution in [2.45, 2.75) is 38.3 Å². The van der Waals surface area contributed by atoms with E-state index >= 15 is 0 Å². The number of hydrogen-bond acceptors (Lipinski definition) is 5. The van der Waals surface area contributed by atoms with Crippen molar-refractivity contribution in [3.8, 4) is 11.4 Å². The van der Waals surface area contributed by atoms with Crippen LogP contribution in [0.15, 0.2) is 34.2 Å². The summed E-state index contributed by atoms with van der Waals surface area (Å²) in [7, 11) is 1.64. The standard InChI is InChI=1S/C20H22N2O2S2/c1-4-25-20-21-18-17(15-10-5-12(2)11-16(15)26-18)19(23)22(20)13-6-8-14(24-3)9-7-13/h6-9,12H,4-5,10-11H2,1-3H3/t12-/m0/s1. The molecule has 0 saturated heterocycles. The molecule has 0 radical (unpaired) electrons. The average Bonchev–Trinajstić information content (AvgIpc) is 3.00. The minimum Gasteiger partial charge on any atom is -0.497 e. The summed E-state index contributed by atoms with van der Waals surface area (Å²) in [5.74, 6) is 2.34. The Labute approximate surface area is 161 Å². The van der Waals surface area contributed by atoms with E-state index in [1.165, 1.54) is 10.4 Å². The highest BCUT2D eigenvalue weighted by molar-refractivity contribution is 7.99. The van der Waals surface area contributed by atoms with E-state index in [2.05, 4.69) is 13.8 Å². The third-order valence-electron chi connectivity index (χ3n) is 4.90. The van der Waals surface area contributed by atoms with Crippen LogP contribution < -0.4 is 10.3 Å². The van der Waals surface area contributed by atoms with Gasteiger partial charge in [0.2, 0.25) is 0 Å². The third-order valence-corrected chi connectivity index (χ3v) is 6.87. The lowest BCUT2D eigenvalue weighted by molar-refractivity contribution is 0.414. The molecule has 2 aromatic heterocycles. The van der Waals surface area contributed by atoms with Gasteiger partial charge in [0, 0.05) is 4.88 Å². The number of hydrogen-bond donors (Lipinski definition) is 0. The second-order valence-electron chi connectivity index (χ2n) is 6.70. The molecule has 2 heterocycles. The molecule has 0 amide bonds. The summed E-state index contributed by atoms with van der Waals surface area (Å²) in [5.41, 5.74) is 2.13. The fourth-order valence-corrected chi connectivity index (χ4v) is 5.72. The topological polar surface area (TPSA) is 44.1 Å². The Kier molecular flexibility index (Phi) is 4.80. The fraction of sp³-hybridized carbons (Fsp3) is 0.400. The van der Waals surface area contributed by atoms with Gasteiger partial charge in [0.05, 0.1) is 18.2 Å². The largest absolute Gasteiger partial charge is 0.497 e. The molecule has 0 fully saturated rings. The van der Waals surface area contributed by atoms with E-state index in [9.17, 15) is 4.79 Å². The molecule has 6 heteroatoms. The maximum Gasteiger partial charge on any atom is 0.267 e. The smallest absolute Gasteiger partial charge is 0.267 e. The van der Waals surface area contributed by atoms with Gasteiger partial charge in [-0.2, -0.15) is 0 Å². The van der Waals surface area contributed by atoms with Crippen molar-refractivity contribution in [1.29, 1.82) is 0 Å².